The number of piperidine rings is 1. The summed E-state index contributed by atoms with van der Waals surface area (Å²) in [6.07, 6.45) is 10.4. The van der Waals surface area contributed by atoms with Gasteiger partial charge in [-0.1, -0.05) is 0 Å². The molecular formula is C21H28N6O2. The molecule has 4 rings (SSSR count). The van der Waals surface area contributed by atoms with Gasteiger partial charge in [-0.2, -0.15) is 5.10 Å². The molecule has 8 heteroatoms. The van der Waals surface area contributed by atoms with Gasteiger partial charge in [0.1, 0.15) is 5.54 Å². The van der Waals surface area contributed by atoms with Gasteiger partial charge in [-0.3, -0.25) is 14.6 Å². The molecule has 2 aliphatic rings. The number of carbonyl (C=O) groups excluding carboxylic acids is 2. The third-order valence-electron chi connectivity index (χ3n) is 6.36. The minimum absolute atomic E-state index is 0.0672. The van der Waals surface area contributed by atoms with Crippen molar-refractivity contribution in [1.29, 1.82) is 0 Å². The lowest BCUT2D eigenvalue weighted by atomic mass is 9.91. The Morgan fingerprint density at radius 3 is 2.59 bits per heavy atom. The molecule has 0 bridgehead atoms. The number of primary amides is 1. The van der Waals surface area contributed by atoms with E-state index in [4.69, 9.17) is 5.73 Å². The van der Waals surface area contributed by atoms with E-state index < -0.39 is 11.4 Å². The van der Waals surface area contributed by atoms with Crippen molar-refractivity contribution in [2.75, 3.05) is 24.5 Å². The second kappa shape index (κ2) is 7.50. The number of rotatable bonds is 4. The van der Waals surface area contributed by atoms with E-state index in [9.17, 15) is 9.59 Å². The molecule has 0 spiro atoms. The molecule has 2 aromatic rings. The Hall–Kier alpha value is -2.90. The van der Waals surface area contributed by atoms with Crippen molar-refractivity contribution in [3.8, 4) is 5.69 Å². The monoisotopic (exact) mass is 396 g/mol. The fourth-order valence-electron chi connectivity index (χ4n) is 4.52. The maximum atomic E-state index is 13.1. The molecule has 0 aliphatic carbocycles. The molecule has 2 amide bonds. The van der Waals surface area contributed by atoms with E-state index in [-0.39, 0.29) is 11.8 Å². The smallest absolute Gasteiger partial charge is 0.243 e. The molecule has 4 heterocycles. The van der Waals surface area contributed by atoms with E-state index in [2.05, 4.69) is 15.0 Å². The fraction of sp³-hybridized carbons (Fsp3) is 0.524. The molecule has 2 aromatic heterocycles. The molecule has 2 saturated heterocycles. The van der Waals surface area contributed by atoms with Crippen LogP contribution in [0, 0.1) is 12.8 Å². The summed E-state index contributed by atoms with van der Waals surface area (Å²) in [5.41, 5.74) is 7.86. The summed E-state index contributed by atoms with van der Waals surface area (Å²) in [5, 5.41) is 4.43. The van der Waals surface area contributed by atoms with Crippen LogP contribution in [0.5, 0.6) is 0 Å². The van der Waals surface area contributed by atoms with Crippen LogP contribution in [0.4, 0.5) is 5.69 Å². The molecule has 0 unspecified atom stereocenters. The van der Waals surface area contributed by atoms with Gasteiger partial charge in [0.15, 0.2) is 0 Å². The Balaban J connectivity index is 1.47. The Labute approximate surface area is 170 Å². The highest BCUT2D eigenvalue weighted by atomic mass is 16.2. The Morgan fingerprint density at radius 1 is 1.17 bits per heavy atom. The van der Waals surface area contributed by atoms with Crippen molar-refractivity contribution in [1.82, 2.24) is 19.7 Å². The largest absolute Gasteiger partial charge is 0.368 e. The summed E-state index contributed by atoms with van der Waals surface area (Å²) < 4.78 is 1.87. The normalized spacial score (nSPS) is 22.8. The second-order valence-corrected chi connectivity index (χ2v) is 8.32. The molecule has 29 heavy (non-hydrogen) atoms. The van der Waals surface area contributed by atoms with Gasteiger partial charge in [0, 0.05) is 37.9 Å². The number of amides is 2. The predicted octanol–water partition coefficient (Wildman–Crippen LogP) is 1.66. The molecule has 154 valence electrons. The van der Waals surface area contributed by atoms with Crippen LogP contribution in [0.25, 0.3) is 5.69 Å². The molecule has 8 nitrogen and oxygen atoms in total. The highest BCUT2D eigenvalue weighted by Gasteiger charge is 2.46. The van der Waals surface area contributed by atoms with E-state index in [1.165, 1.54) is 0 Å². The zero-order valence-corrected chi connectivity index (χ0v) is 17.0. The third-order valence-corrected chi connectivity index (χ3v) is 6.36. The molecular weight excluding hydrogens is 368 g/mol. The molecule has 0 saturated carbocycles. The lowest BCUT2D eigenvalue weighted by molar-refractivity contribution is -0.146. The lowest BCUT2D eigenvalue weighted by Crippen LogP contribution is -2.56. The lowest BCUT2D eigenvalue weighted by Gasteiger charge is -2.38. The summed E-state index contributed by atoms with van der Waals surface area (Å²) >= 11 is 0. The Kier molecular flexibility index (Phi) is 5.02. The van der Waals surface area contributed by atoms with Crippen LogP contribution >= 0.6 is 0 Å². The van der Waals surface area contributed by atoms with E-state index >= 15 is 0 Å². The predicted molar refractivity (Wildman–Crippen MR) is 110 cm³/mol. The van der Waals surface area contributed by atoms with Gasteiger partial charge < -0.3 is 15.5 Å². The average molecular weight is 396 g/mol. The Morgan fingerprint density at radius 2 is 1.93 bits per heavy atom. The van der Waals surface area contributed by atoms with E-state index in [1.54, 1.807) is 18.0 Å². The number of carbonyl (C=O) groups is 2. The highest BCUT2D eigenvalue weighted by molar-refractivity contribution is 5.91. The first kappa shape index (κ1) is 19.4. The van der Waals surface area contributed by atoms with Crippen molar-refractivity contribution in [3.63, 3.8) is 0 Å². The molecule has 2 aliphatic heterocycles. The molecule has 0 aromatic carbocycles. The van der Waals surface area contributed by atoms with Gasteiger partial charge >= 0.3 is 0 Å². The van der Waals surface area contributed by atoms with Crippen molar-refractivity contribution in [2.24, 2.45) is 11.7 Å². The molecule has 0 radical (unpaired) electrons. The maximum absolute atomic E-state index is 13.1. The van der Waals surface area contributed by atoms with Crippen LogP contribution in [0.2, 0.25) is 0 Å². The van der Waals surface area contributed by atoms with Gasteiger partial charge in [0.2, 0.25) is 11.8 Å². The zero-order valence-electron chi connectivity index (χ0n) is 17.0. The van der Waals surface area contributed by atoms with E-state index in [0.29, 0.717) is 13.0 Å². The minimum atomic E-state index is -0.845. The Bertz CT molecular complexity index is 917. The van der Waals surface area contributed by atoms with Gasteiger partial charge in [-0.25, -0.2) is 4.68 Å². The molecule has 1 atom stereocenters. The third kappa shape index (κ3) is 3.47. The summed E-state index contributed by atoms with van der Waals surface area (Å²) in [5.74, 6) is -0.414. The number of hydrogen-bond donors (Lipinski definition) is 1. The number of likely N-dealkylation sites (tertiary alicyclic amines) is 1. The topological polar surface area (TPSA) is 97.3 Å². The van der Waals surface area contributed by atoms with Crippen LogP contribution in [0.15, 0.2) is 30.9 Å². The van der Waals surface area contributed by atoms with Crippen molar-refractivity contribution in [2.45, 2.75) is 45.1 Å². The van der Waals surface area contributed by atoms with Gasteiger partial charge in [0.25, 0.3) is 0 Å². The van der Waals surface area contributed by atoms with Gasteiger partial charge in [-0.05, 0) is 51.2 Å². The summed E-state index contributed by atoms with van der Waals surface area (Å²) in [6.45, 7) is 5.94. The number of aromatic nitrogens is 3. The van der Waals surface area contributed by atoms with E-state index in [0.717, 1.165) is 49.3 Å². The zero-order chi connectivity index (χ0) is 20.6. The van der Waals surface area contributed by atoms with Crippen LogP contribution in [0.1, 0.15) is 38.2 Å². The standard InChI is InChI=1S/C21H28N6O2/c1-15-12-24-27(14-15)17-4-8-23-13-18(17)25-10-5-16(6-11-25)19(28)26-9-3-7-21(26,2)20(22)29/h4,8,12-14,16H,3,5-7,9-11H2,1-2H3,(H2,22,29)/t21-/m1/s1. The number of nitrogens with two attached hydrogens (primary N) is 1. The number of anilines is 1. The van der Waals surface area contributed by atoms with E-state index in [1.807, 2.05) is 36.3 Å². The SMILES string of the molecule is Cc1cnn(-c2ccncc2N2CCC(C(=O)N3CCC[C@]3(C)C(N)=O)CC2)c1. The van der Waals surface area contributed by atoms with Crippen LogP contribution in [-0.2, 0) is 9.59 Å². The van der Waals surface area contributed by atoms with Crippen molar-refractivity contribution in [3.05, 3.63) is 36.4 Å². The van der Waals surface area contributed by atoms with Crippen LogP contribution < -0.4 is 10.6 Å². The first-order valence-electron chi connectivity index (χ1n) is 10.2. The van der Waals surface area contributed by atoms with Gasteiger partial charge in [-0.15, -0.1) is 0 Å². The first-order valence-corrected chi connectivity index (χ1v) is 10.2. The fourth-order valence-corrected chi connectivity index (χ4v) is 4.52. The summed E-state index contributed by atoms with van der Waals surface area (Å²) in [6, 6.07) is 1.96. The first-order chi connectivity index (χ1) is 13.9. The number of nitrogens with zero attached hydrogens (tertiary/aromatic N) is 5. The number of hydrogen-bond acceptors (Lipinski definition) is 5. The quantitative estimate of drug-likeness (QED) is 0.848. The number of aryl methyl sites for hydroxylation is 1. The molecule has 2 fully saturated rings. The van der Waals surface area contributed by atoms with Crippen LogP contribution in [-0.4, -0.2) is 56.7 Å². The molecule has 2 N–H and O–H groups in total. The summed E-state index contributed by atoms with van der Waals surface area (Å²) in [7, 11) is 0. The highest BCUT2D eigenvalue weighted by Crippen LogP contribution is 2.34. The maximum Gasteiger partial charge on any atom is 0.243 e. The second-order valence-electron chi connectivity index (χ2n) is 8.32. The van der Waals surface area contributed by atoms with Crippen molar-refractivity contribution >= 4 is 17.5 Å². The number of pyridine rings is 1. The summed E-state index contributed by atoms with van der Waals surface area (Å²) in [4.78, 5) is 33.3. The minimum Gasteiger partial charge on any atom is -0.368 e. The van der Waals surface area contributed by atoms with Crippen molar-refractivity contribution < 1.29 is 9.59 Å². The van der Waals surface area contributed by atoms with Gasteiger partial charge in [0.05, 0.1) is 23.8 Å². The average Bonchev–Trinajstić information content (AvgIpc) is 3.34. The van der Waals surface area contributed by atoms with Crippen LogP contribution in [0.3, 0.4) is 0 Å².